The van der Waals surface area contributed by atoms with Gasteiger partial charge in [-0.05, 0) is 78.3 Å². The van der Waals surface area contributed by atoms with Crippen LogP contribution in [0.15, 0.2) is 48.6 Å². The fraction of sp³-hybridized carbons (Fsp3) is 0.483. The molecule has 0 heterocycles. The zero-order chi connectivity index (χ0) is 23.8. The molecule has 0 bridgehead atoms. The highest BCUT2D eigenvalue weighted by Crippen LogP contribution is 2.38. The second-order valence-electron chi connectivity index (χ2n) is 9.29. The van der Waals surface area contributed by atoms with Gasteiger partial charge >= 0.3 is 5.97 Å². The Morgan fingerprint density at radius 1 is 1.06 bits per heavy atom. The van der Waals surface area contributed by atoms with Crippen molar-refractivity contribution in [3.8, 4) is 16.9 Å². The molecule has 2 aromatic rings. The smallest absolute Gasteiger partial charge is 0.333 e. The summed E-state index contributed by atoms with van der Waals surface area (Å²) in [5.74, 6) is 1.84. The van der Waals surface area contributed by atoms with Crippen LogP contribution in [0.2, 0.25) is 0 Å². The SMILES string of the molecule is C=C(C)C(=O)OCCOc1cc(-c2ccc(C3CCC(C)CC3)cc2CC)ccc1CCO. The number of hydrogen-bond acceptors (Lipinski definition) is 4. The lowest BCUT2D eigenvalue weighted by molar-refractivity contribution is -0.139. The number of carbonyl (C=O) groups excluding carboxylic acids is 1. The minimum Gasteiger partial charge on any atom is -0.490 e. The van der Waals surface area contributed by atoms with Crippen molar-refractivity contribution >= 4 is 5.97 Å². The summed E-state index contributed by atoms with van der Waals surface area (Å²) in [5.41, 5.74) is 6.46. The van der Waals surface area contributed by atoms with E-state index in [1.807, 2.05) is 12.1 Å². The molecule has 1 N–H and O–H groups in total. The first-order valence-electron chi connectivity index (χ1n) is 12.2. The lowest BCUT2D eigenvalue weighted by Gasteiger charge is -2.27. The van der Waals surface area contributed by atoms with Crippen LogP contribution < -0.4 is 4.74 Å². The van der Waals surface area contributed by atoms with E-state index in [0.717, 1.165) is 29.2 Å². The van der Waals surface area contributed by atoms with E-state index in [2.05, 4.69) is 44.7 Å². The molecule has 33 heavy (non-hydrogen) atoms. The Kier molecular flexibility index (Phi) is 9.13. The second kappa shape index (κ2) is 12.0. The molecule has 178 valence electrons. The van der Waals surface area contributed by atoms with Gasteiger partial charge in [0.2, 0.25) is 0 Å². The van der Waals surface area contributed by atoms with Gasteiger partial charge in [-0.2, -0.15) is 0 Å². The van der Waals surface area contributed by atoms with E-state index >= 15 is 0 Å². The van der Waals surface area contributed by atoms with Crippen LogP contribution in [0.5, 0.6) is 5.75 Å². The number of carbonyl (C=O) groups is 1. The molecule has 4 heteroatoms. The molecule has 3 rings (SSSR count). The van der Waals surface area contributed by atoms with Crippen LogP contribution in [0.1, 0.15) is 69.1 Å². The van der Waals surface area contributed by atoms with Crippen molar-refractivity contribution in [3.05, 3.63) is 65.2 Å². The summed E-state index contributed by atoms with van der Waals surface area (Å²) in [5, 5.41) is 9.45. The van der Waals surface area contributed by atoms with Crippen molar-refractivity contribution in [2.75, 3.05) is 19.8 Å². The lowest BCUT2D eigenvalue weighted by atomic mass is 9.78. The number of esters is 1. The number of aliphatic hydroxyl groups excluding tert-OH is 1. The molecule has 2 aromatic carbocycles. The van der Waals surface area contributed by atoms with Crippen molar-refractivity contribution in [2.24, 2.45) is 5.92 Å². The monoisotopic (exact) mass is 450 g/mol. The van der Waals surface area contributed by atoms with Crippen LogP contribution in [0.4, 0.5) is 0 Å². The molecule has 0 unspecified atom stereocenters. The van der Waals surface area contributed by atoms with Gasteiger partial charge in [0.15, 0.2) is 0 Å². The summed E-state index contributed by atoms with van der Waals surface area (Å²) in [7, 11) is 0. The zero-order valence-corrected chi connectivity index (χ0v) is 20.4. The third-order valence-electron chi connectivity index (χ3n) is 6.68. The van der Waals surface area contributed by atoms with E-state index in [4.69, 9.17) is 9.47 Å². The third kappa shape index (κ3) is 6.70. The van der Waals surface area contributed by atoms with Gasteiger partial charge in [0, 0.05) is 12.2 Å². The van der Waals surface area contributed by atoms with Crippen LogP contribution in [0.3, 0.4) is 0 Å². The van der Waals surface area contributed by atoms with Gasteiger partial charge < -0.3 is 14.6 Å². The highest BCUT2D eigenvalue weighted by atomic mass is 16.6. The highest BCUT2D eigenvalue weighted by molar-refractivity contribution is 5.86. The van der Waals surface area contributed by atoms with Crippen molar-refractivity contribution in [3.63, 3.8) is 0 Å². The molecule has 1 fully saturated rings. The Morgan fingerprint density at radius 2 is 1.82 bits per heavy atom. The quantitative estimate of drug-likeness (QED) is 0.264. The molecule has 0 amide bonds. The average Bonchev–Trinajstić information content (AvgIpc) is 2.82. The maximum absolute atomic E-state index is 11.6. The molecule has 4 nitrogen and oxygen atoms in total. The molecule has 1 aliphatic rings. The molecule has 0 spiro atoms. The summed E-state index contributed by atoms with van der Waals surface area (Å²) in [4.78, 5) is 11.6. The van der Waals surface area contributed by atoms with Crippen molar-refractivity contribution in [1.29, 1.82) is 0 Å². The maximum atomic E-state index is 11.6. The molecular formula is C29H38O4. The normalized spacial score (nSPS) is 18.1. The van der Waals surface area contributed by atoms with Gasteiger partial charge in [-0.15, -0.1) is 0 Å². The molecule has 1 aliphatic carbocycles. The number of benzene rings is 2. The molecule has 0 saturated heterocycles. The van der Waals surface area contributed by atoms with Crippen LogP contribution in [0, 0.1) is 5.92 Å². The van der Waals surface area contributed by atoms with Crippen molar-refractivity contribution < 1.29 is 19.4 Å². The predicted octanol–water partition coefficient (Wildman–Crippen LogP) is 6.24. The topological polar surface area (TPSA) is 55.8 Å². The van der Waals surface area contributed by atoms with Crippen molar-refractivity contribution in [1.82, 2.24) is 0 Å². The maximum Gasteiger partial charge on any atom is 0.333 e. The number of aliphatic hydroxyl groups is 1. The first kappa shape index (κ1) is 25.0. The number of hydrogen-bond donors (Lipinski definition) is 1. The number of aryl methyl sites for hydroxylation is 1. The molecule has 0 atom stereocenters. The minimum absolute atomic E-state index is 0.0509. The Bertz CT molecular complexity index is 954. The Hall–Kier alpha value is -2.59. The first-order chi connectivity index (χ1) is 15.9. The van der Waals surface area contributed by atoms with Crippen LogP contribution >= 0.6 is 0 Å². The highest BCUT2D eigenvalue weighted by Gasteiger charge is 2.20. The van der Waals surface area contributed by atoms with Gasteiger partial charge in [0.25, 0.3) is 0 Å². The molecular weight excluding hydrogens is 412 g/mol. The summed E-state index contributed by atoms with van der Waals surface area (Å²) < 4.78 is 11.1. The van der Waals surface area contributed by atoms with E-state index in [1.165, 1.54) is 42.4 Å². The molecule has 0 aromatic heterocycles. The second-order valence-corrected chi connectivity index (χ2v) is 9.29. The van der Waals surface area contributed by atoms with E-state index in [1.54, 1.807) is 6.92 Å². The number of rotatable bonds is 10. The van der Waals surface area contributed by atoms with Crippen LogP contribution in [-0.4, -0.2) is 30.9 Å². The largest absolute Gasteiger partial charge is 0.490 e. The summed E-state index contributed by atoms with van der Waals surface area (Å²) in [6.45, 7) is 10.2. The fourth-order valence-electron chi connectivity index (χ4n) is 4.63. The third-order valence-corrected chi connectivity index (χ3v) is 6.68. The standard InChI is InChI=1S/C29H38O4/c1-5-22-18-25(23-8-6-21(4)7-9-23)12-13-27(22)26-11-10-24(14-15-30)28(19-26)32-16-17-33-29(31)20(2)3/h10-13,18-19,21,23,30H,2,5-9,14-17H2,1,3-4H3. The van der Waals surface area contributed by atoms with E-state index in [9.17, 15) is 9.90 Å². The van der Waals surface area contributed by atoms with E-state index < -0.39 is 5.97 Å². The minimum atomic E-state index is -0.414. The van der Waals surface area contributed by atoms with Gasteiger partial charge in [0.05, 0.1) is 0 Å². The van der Waals surface area contributed by atoms with Crippen molar-refractivity contribution in [2.45, 2.75) is 65.2 Å². The fourth-order valence-corrected chi connectivity index (χ4v) is 4.63. The van der Waals surface area contributed by atoms with Gasteiger partial charge in [0.1, 0.15) is 19.0 Å². The molecule has 0 radical (unpaired) electrons. The average molecular weight is 451 g/mol. The lowest BCUT2D eigenvalue weighted by Crippen LogP contribution is -2.13. The van der Waals surface area contributed by atoms with Gasteiger partial charge in [-0.1, -0.05) is 63.6 Å². The van der Waals surface area contributed by atoms with E-state index in [0.29, 0.717) is 17.9 Å². The first-order valence-corrected chi connectivity index (χ1v) is 12.2. The Labute approximate surface area is 198 Å². The Morgan fingerprint density at radius 3 is 2.48 bits per heavy atom. The summed E-state index contributed by atoms with van der Waals surface area (Å²) in [6.07, 6.45) is 6.70. The van der Waals surface area contributed by atoms with Gasteiger partial charge in [-0.3, -0.25) is 0 Å². The van der Waals surface area contributed by atoms with Crippen LogP contribution in [-0.2, 0) is 22.4 Å². The zero-order valence-electron chi connectivity index (χ0n) is 20.4. The number of ether oxygens (including phenoxy) is 2. The predicted molar refractivity (Wildman–Crippen MR) is 134 cm³/mol. The Balaban J connectivity index is 1.79. The molecule has 1 saturated carbocycles. The van der Waals surface area contributed by atoms with Crippen LogP contribution in [0.25, 0.3) is 11.1 Å². The summed E-state index contributed by atoms with van der Waals surface area (Å²) in [6, 6.07) is 13.1. The van der Waals surface area contributed by atoms with E-state index in [-0.39, 0.29) is 19.8 Å². The molecule has 0 aliphatic heterocycles. The summed E-state index contributed by atoms with van der Waals surface area (Å²) >= 11 is 0. The van der Waals surface area contributed by atoms with Gasteiger partial charge in [-0.25, -0.2) is 4.79 Å².